The molecule has 1 N–H and O–H groups in total. The molecule has 0 fully saturated rings. The van der Waals surface area contributed by atoms with E-state index in [9.17, 15) is 9.36 Å². The second kappa shape index (κ2) is 9.48. The zero-order valence-electron chi connectivity index (χ0n) is 11.2. The zero-order valence-corrected chi connectivity index (χ0v) is 13.7. The Bertz CT molecular complexity index is 389. The summed E-state index contributed by atoms with van der Waals surface area (Å²) in [6.07, 6.45) is 5.29. The Morgan fingerprint density at radius 1 is 1.63 bits per heavy atom. The van der Waals surface area contributed by atoms with Crippen molar-refractivity contribution < 1.29 is 18.6 Å². The number of hydrogen-bond donors (Lipinski definition) is 1. The first-order chi connectivity index (χ1) is 8.90. The van der Waals surface area contributed by atoms with Crippen molar-refractivity contribution >= 4 is 35.8 Å². The van der Waals surface area contributed by atoms with E-state index >= 15 is 0 Å². The molecule has 0 saturated heterocycles. The van der Waals surface area contributed by atoms with Gasteiger partial charge in [0.25, 0.3) is 0 Å². The van der Waals surface area contributed by atoms with Crippen LogP contribution in [0.5, 0.6) is 0 Å². The second-order valence-electron chi connectivity index (χ2n) is 3.45. The third-order valence-electron chi connectivity index (χ3n) is 2.11. The topological polar surface area (TPSA) is 64.6 Å². The summed E-state index contributed by atoms with van der Waals surface area (Å²) in [4.78, 5) is 11.6. The lowest BCUT2D eigenvalue weighted by atomic mass is 10.2. The van der Waals surface area contributed by atoms with Crippen LogP contribution in [0.2, 0.25) is 0 Å². The molecule has 0 spiro atoms. The fraction of sp³-hybridized carbons (Fsp3) is 0.545. The molecular formula is C11H19ClNO4PS. The molecule has 0 saturated carbocycles. The highest BCUT2D eigenvalue weighted by Gasteiger charge is 2.30. The molecule has 110 valence electrons. The minimum Gasteiger partial charge on any atom is -0.468 e. The molecule has 0 aliphatic carbocycles. The molecule has 5 nitrogen and oxygen atoms in total. The second-order valence-corrected chi connectivity index (χ2v) is 7.17. The Hall–Kier alpha value is -0.420. The van der Waals surface area contributed by atoms with Crippen molar-refractivity contribution in [1.29, 1.82) is 0 Å². The maximum Gasteiger partial charge on any atom is 0.409 e. The first-order valence-corrected chi connectivity index (χ1v) is 9.45. The highest BCUT2D eigenvalue weighted by molar-refractivity contribution is 7.98. The Morgan fingerprint density at radius 2 is 2.26 bits per heavy atom. The Morgan fingerprint density at radius 3 is 2.68 bits per heavy atom. The van der Waals surface area contributed by atoms with Crippen LogP contribution in [0.4, 0.5) is 0 Å². The summed E-state index contributed by atoms with van der Waals surface area (Å²) in [6.45, 7) is 1.52. The molecule has 19 heavy (non-hydrogen) atoms. The lowest BCUT2D eigenvalue weighted by Crippen LogP contribution is -2.35. The van der Waals surface area contributed by atoms with E-state index in [2.05, 4.69) is 16.4 Å². The monoisotopic (exact) mass is 327 g/mol. The maximum atomic E-state index is 12.1. The van der Waals surface area contributed by atoms with E-state index in [0.29, 0.717) is 12.2 Å². The van der Waals surface area contributed by atoms with E-state index in [1.807, 2.05) is 6.26 Å². The fourth-order valence-electron chi connectivity index (χ4n) is 1.17. The van der Waals surface area contributed by atoms with Gasteiger partial charge >= 0.3 is 12.8 Å². The van der Waals surface area contributed by atoms with E-state index in [0.717, 1.165) is 0 Å². The number of carbonyl (C=O) groups is 1. The molecule has 0 aliphatic rings. The first kappa shape index (κ1) is 18.6. The van der Waals surface area contributed by atoms with Gasteiger partial charge in [-0.15, -0.1) is 0 Å². The van der Waals surface area contributed by atoms with Gasteiger partial charge in [-0.2, -0.15) is 11.8 Å². The van der Waals surface area contributed by atoms with Gasteiger partial charge in [0.1, 0.15) is 11.8 Å². The summed E-state index contributed by atoms with van der Waals surface area (Å²) in [6, 6.07) is -0.774. The van der Waals surface area contributed by atoms with E-state index < -0.39 is 18.9 Å². The number of carbonyl (C=O) groups excluding carboxylic acids is 1. The lowest BCUT2D eigenvalue weighted by Gasteiger charge is -2.20. The molecule has 0 aromatic rings. The zero-order chi connectivity index (χ0) is 14.9. The number of hydrogen-bond acceptors (Lipinski definition) is 5. The van der Waals surface area contributed by atoms with Crippen LogP contribution in [0.15, 0.2) is 24.5 Å². The molecule has 0 heterocycles. The van der Waals surface area contributed by atoms with Crippen LogP contribution < -0.4 is 5.09 Å². The van der Waals surface area contributed by atoms with E-state index in [1.54, 1.807) is 24.8 Å². The molecule has 0 bridgehead atoms. The predicted molar refractivity (Wildman–Crippen MR) is 80.4 cm³/mol. The number of halogens is 1. The predicted octanol–water partition coefficient (Wildman–Crippen LogP) is 3.32. The van der Waals surface area contributed by atoms with E-state index in [-0.39, 0.29) is 5.76 Å². The van der Waals surface area contributed by atoms with Crippen molar-refractivity contribution in [2.24, 2.45) is 0 Å². The van der Waals surface area contributed by atoms with Crippen LogP contribution in [-0.2, 0) is 18.6 Å². The highest BCUT2D eigenvalue weighted by Crippen LogP contribution is 2.50. The average molecular weight is 328 g/mol. The van der Waals surface area contributed by atoms with Crippen molar-refractivity contribution in [2.75, 3.05) is 19.1 Å². The summed E-state index contributed by atoms with van der Waals surface area (Å²) in [5, 5.41) is 2.50. The molecule has 0 amide bonds. The Balaban J connectivity index is 4.75. The summed E-state index contributed by atoms with van der Waals surface area (Å²) < 4.78 is 21.8. The smallest absolute Gasteiger partial charge is 0.409 e. The molecule has 2 atom stereocenters. The minimum absolute atomic E-state index is 0.277. The number of esters is 1. The Kier molecular flexibility index (Phi) is 9.27. The standard InChI is InChI=1S/C11H19ClNO4PS/c1-5-9(6-2)17-18(12,15)13-10(7-8-19-4)11(14)16-3/h5-6,10H,1,7-8H2,2-4H3,(H,13,15)/b9-6+/t10-,18?/m0/s1. The first-order valence-electron chi connectivity index (χ1n) is 5.52. The van der Waals surface area contributed by atoms with Crippen molar-refractivity contribution in [2.45, 2.75) is 19.4 Å². The number of rotatable bonds is 9. The fourth-order valence-corrected chi connectivity index (χ4v) is 3.34. The van der Waals surface area contributed by atoms with Gasteiger partial charge in [-0.05, 0) is 37.5 Å². The maximum absolute atomic E-state index is 12.1. The van der Waals surface area contributed by atoms with E-state index in [1.165, 1.54) is 13.2 Å². The molecular weight excluding hydrogens is 309 g/mol. The van der Waals surface area contributed by atoms with Gasteiger partial charge < -0.3 is 9.26 Å². The SMILES string of the molecule is C=C/C(=C\C)OP(=O)(Cl)N[C@@H](CCSC)C(=O)OC. The van der Waals surface area contributed by atoms with Gasteiger partial charge in [0.2, 0.25) is 0 Å². The van der Waals surface area contributed by atoms with Crippen LogP contribution in [0.3, 0.4) is 0 Å². The molecule has 0 aromatic carbocycles. The third kappa shape index (κ3) is 7.67. The molecule has 0 aliphatic heterocycles. The largest absolute Gasteiger partial charge is 0.468 e. The van der Waals surface area contributed by atoms with Gasteiger partial charge in [0, 0.05) is 11.2 Å². The minimum atomic E-state index is -3.67. The van der Waals surface area contributed by atoms with Crippen LogP contribution in [0, 0.1) is 0 Å². The van der Waals surface area contributed by atoms with E-state index in [4.69, 9.17) is 15.8 Å². The van der Waals surface area contributed by atoms with Crippen molar-refractivity contribution in [3.63, 3.8) is 0 Å². The molecule has 8 heteroatoms. The molecule has 0 aromatic heterocycles. The average Bonchev–Trinajstić information content (AvgIpc) is 2.39. The van der Waals surface area contributed by atoms with Crippen LogP contribution in [0.1, 0.15) is 13.3 Å². The van der Waals surface area contributed by atoms with Crippen molar-refractivity contribution in [3.8, 4) is 0 Å². The van der Waals surface area contributed by atoms with Crippen LogP contribution in [0.25, 0.3) is 0 Å². The third-order valence-corrected chi connectivity index (χ3v) is 4.32. The highest BCUT2D eigenvalue weighted by atomic mass is 35.7. The van der Waals surface area contributed by atoms with Crippen LogP contribution >= 0.6 is 29.9 Å². The van der Waals surface area contributed by atoms with Crippen molar-refractivity contribution in [3.05, 3.63) is 24.5 Å². The van der Waals surface area contributed by atoms with Gasteiger partial charge in [-0.25, -0.2) is 9.65 Å². The summed E-state index contributed by atoms with van der Waals surface area (Å²) >= 11 is 7.34. The number of methoxy groups -OCH3 is 1. The normalized spacial score (nSPS) is 16.3. The van der Waals surface area contributed by atoms with Gasteiger partial charge in [0.15, 0.2) is 0 Å². The molecule has 0 rings (SSSR count). The quantitative estimate of drug-likeness (QED) is 0.303. The lowest BCUT2D eigenvalue weighted by molar-refractivity contribution is -0.142. The summed E-state index contributed by atoms with van der Waals surface area (Å²) in [5.41, 5.74) is 0. The number of nitrogens with one attached hydrogen (secondary N) is 1. The van der Waals surface area contributed by atoms with Gasteiger partial charge in [-0.1, -0.05) is 6.58 Å². The number of thioether (sulfide) groups is 1. The van der Waals surface area contributed by atoms with Crippen LogP contribution in [-0.4, -0.2) is 31.1 Å². The summed E-state index contributed by atoms with van der Waals surface area (Å²) in [7, 11) is 1.26. The summed E-state index contributed by atoms with van der Waals surface area (Å²) in [5.74, 6) is 0.445. The molecule has 0 radical (unpaired) electrons. The number of ether oxygens (including phenoxy) is 1. The van der Waals surface area contributed by atoms with Gasteiger partial charge in [0.05, 0.1) is 7.11 Å². The van der Waals surface area contributed by atoms with Gasteiger partial charge in [-0.3, -0.25) is 4.79 Å². The molecule has 1 unspecified atom stereocenters. The number of allylic oxidation sites excluding steroid dienone is 2. The Labute approximate surface area is 123 Å². The van der Waals surface area contributed by atoms with Crippen molar-refractivity contribution in [1.82, 2.24) is 5.09 Å².